The Morgan fingerprint density at radius 2 is 2.05 bits per heavy atom. The van der Waals surface area contributed by atoms with Crippen LogP contribution in [0.1, 0.15) is 21.1 Å². The summed E-state index contributed by atoms with van der Waals surface area (Å²) in [4.78, 5) is 17.3. The molecule has 0 radical (unpaired) electrons. The lowest BCUT2D eigenvalue weighted by atomic mass is 10.3. The van der Waals surface area contributed by atoms with Gasteiger partial charge in [0.2, 0.25) is 0 Å². The molecule has 0 saturated heterocycles. The van der Waals surface area contributed by atoms with Gasteiger partial charge in [-0.3, -0.25) is 4.79 Å². The van der Waals surface area contributed by atoms with Crippen molar-refractivity contribution in [2.24, 2.45) is 0 Å². The Balaban J connectivity index is 1.67. The van der Waals surface area contributed by atoms with Crippen LogP contribution in [0.15, 0.2) is 53.1 Å². The molecule has 1 amide bonds. The first-order valence-electron chi connectivity index (χ1n) is 6.82. The number of aryl methyl sites for hydroxylation is 1. The molecule has 0 spiro atoms. The van der Waals surface area contributed by atoms with Crippen LogP contribution in [-0.4, -0.2) is 10.9 Å². The molecule has 1 aromatic carbocycles. The minimum atomic E-state index is -0.146. The van der Waals surface area contributed by atoms with Crippen LogP contribution in [0, 0.1) is 6.92 Å². The fraction of sp³-hybridized carbons (Fsp3) is 0.125. The third-order valence-corrected chi connectivity index (χ3v) is 4.14. The smallest absolute Gasteiger partial charge is 0.267 e. The number of furan rings is 1. The van der Waals surface area contributed by atoms with Crippen LogP contribution in [0.25, 0.3) is 0 Å². The topological polar surface area (TPSA) is 67.2 Å². The van der Waals surface area contributed by atoms with Crippen molar-refractivity contribution in [2.75, 3.05) is 10.6 Å². The molecule has 22 heavy (non-hydrogen) atoms. The SMILES string of the molecule is Cc1nc(NCc2ccco2)sc1C(=O)Nc1ccccc1. The minimum Gasteiger partial charge on any atom is -0.467 e. The number of carbonyl (C=O) groups is 1. The summed E-state index contributed by atoms with van der Waals surface area (Å²) in [6.07, 6.45) is 1.63. The van der Waals surface area contributed by atoms with E-state index in [1.807, 2.05) is 49.4 Å². The Bertz CT molecular complexity index is 751. The fourth-order valence-electron chi connectivity index (χ4n) is 1.97. The highest BCUT2D eigenvalue weighted by Crippen LogP contribution is 2.24. The molecule has 2 heterocycles. The Hall–Kier alpha value is -2.60. The van der Waals surface area contributed by atoms with Crippen LogP contribution in [-0.2, 0) is 6.54 Å². The molecule has 0 aliphatic heterocycles. The summed E-state index contributed by atoms with van der Waals surface area (Å²) in [6.45, 7) is 2.37. The van der Waals surface area contributed by atoms with Gasteiger partial charge >= 0.3 is 0 Å². The molecule has 2 N–H and O–H groups in total. The van der Waals surface area contributed by atoms with E-state index in [0.717, 1.165) is 11.4 Å². The quantitative estimate of drug-likeness (QED) is 0.749. The lowest BCUT2D eigenvalue weighted by Crippen LogP contribution is -2.11. The van der Waals surface area contributed by atoms with Gasteiger partial charge in [0.25, 0.3) is 5.91 Å². The number of hydrogen-bond acceptors (Lipinski definition) is 5. The second-order valence-corrected chi connectivity index (χ2v) is 5.69. The summed E-state index contributed by atoms with van der Waals surface area (Å²) in [6, 6.07) is 13.1. The molecule has 112 valence electrons. The number of thiazole rings is 1. The van der Waals surface area contributed by atoms with Crippen molar-refractivity contribution in [3.63, 3.8) is 0 Å². The highest BCUT2D eigenvalue weighted by Gasteiger charge is 2.15. The first-order valence-corrected chi connectivity index (χ1v) is 7.64. The summed E-state index contributed by atoms with van der Waals surface area (Å²) in [7, 11) is 0. The Morgan fingerprint density at radius 3 is 2.77 bits per heavy atom. The van der Waals surface area contributed by atoms with Crippen LogP contribution in [0.4, 0.5) is 10.8 Å². The van der Waals surface area contributed by atoms with Gasteiger partial charge < -0.3 is 15.1 Å². The summed E-state index contributed by atoms with van der Waals surface area (Å²) in [5, 5.41) is 6.73. The van der Waals surface area contributed by atoms with Gasteiger partial charge in [0, 0.05) is 5.69 Å². The van der Waals surface area contributed by atoms with E-state index in [1.165, 1.54) is 11.3 Å². The van der Waals surface area contributed by atoms with Crippen molar-refractivity contribution < 1.29 is 9.21 Å². The highest BCUT2D eigenvalue weighted by atomic mass is 32.1. The van der Waals surface area contributed by atoms with Gasteiger partial charge in [0.05, 0.1) is 18.5 Å². The second-order valence-electron chi connectivity index (χ2n) is 4.69. The van der Waals surface area contributed by atoms with E-state index in [-0.39, 0.29) is 5.91 Å². The van der Waals surface area contributed by atoms with Gasteiger partial charge in [0.15, 0.2) is 5.13 Å². The molecule has 0 atom stereocenters. The number of rotatable bonds is 5. The molecule has 0 aliphatic carbocycles. The lowest BCUT2D eigenvalue weighted by molar-refractivity contribution is 0.103. The summed E-state index contributed by atoms with van der Waals surface area (Å²) >= 11 is 1.33. The second kappa shape index (κ2) is 6.44. The molecule has 0 saturated carbocycles. The molecule has 3 rings (SSSR count). The number of amides is 1. The van der Waals surface area contributed by atoms with Crippen molar-refractivity contribution in [3.05, 3.63) is 65.1 Å². The summed E-state index contributed by atoms with van der Waals surface area (Å²) in [5.74, 6) is 0.676. The van der Waals surface area contributed by atoms with E-state index in [4.69, 9.17) is 4.42 Å². The average molecular weight is 313 g/mol. The Morgan fingerprint density at radius 1 is 1.23 bits per heavy atom. The zero-order chi connectivity index (χ0) is 15.4. The predicted octanol–water partition coefficient (Wildman–Crippen LogP) is 3.91. The number of benzene rings is 1. The van der Waals surface area contributed by atoms with Gasteiger partial charge in [-0.25, -0.2) is 4.98 Å². The third kappa shape index (κ3) is 3.35. The van der Waals surface area contributed by atoms with Crippen molar-refractivity contribution >= 4 is 28.1 Å². The van der Waals surface area contributed by atoms with E-state index in [2.05, 4.69) is 15.6 Å². The number of aromatic nitrogens is 1. The standard InChI is InChI=1S/C16H15N3O2S/c1-11-14(15(20)19-12-6-3-2-4-7-12)22-16(18-11)17-10-13-8-5-9-21-13/h2-9H,10H2,1H3,(H,17,18)(H,19,20). The average Bonchev–Trinajstić information content (AvgIpc) is 3.15. The normalized spacial score (nSPS) is 10.4. The van der Waals surface area contributed by atoms with Crippen LogP contribution in [0.5, 0.6) is 0 Å². The maximum Gasteiger partial charge on any atom is 0.267 e. The number of para-hydroxylation sites is 1. The molecule has 2 aromatic heterocycles. The number of anilines is 2. The van der Waals surface area contributed by atoms with Gasteiger partial charge in [-0.15, -0.1) is 0 Å². The maximum atomic E-state index is 12.3. The predicted molar refractivity (Wildman–Crippen MR) is 87.3 cm³/mol. The van der Waals surface area contributed by atoms with Gasteiger partial charge in [0.1, 0.15) is 10.6 Å². The van der Waals surface area contributed by atoms with Crippen LogP contribution < -0.4 is 10.6 Å². The molecule has 0 bridgehead atoms. The zero-order valence-electron chi connectivity index (χ0n) is 12.0. The first kappa shape index (κ1) is 14.3. The molecule has 5 nitrogen and oxygen atoms in total. The van der Waals surface area contributed by atoms with Crippen molar-refractivity contribution in [1.82, 2.24) is 4.98 Å². The van der Waals surface area contributed by atoms with Crippen molar-refractivity contribution in [2.45, 2.75) is 13.5 Å². The fourth-order valence-corrected chi connectivity index (χ4v) is 2.83. The molecule has 6 heteroatoms. The third-order valence-electron chi connectivity index (χ3n) is 3.03. The van der Waals surface area contributed by atoms with E-state index in [1.54, 1.807) is 6.26 Å². The molecule has 0 fully saturated rings. The molecule has 0 aliphatic rings. The lowest BCUT2D eigenvalue weighted by Gasteiger charge is -2.02. The van der Waals surface area contributed by atoms with Gasteiger partial charge in [-0.2, -0.15) is 0 Å². The van der Waals surface area contributed by atoms with E-state index in [9.17, 15) is 4.79 Å². The Labute approximate surface area is 132 Å². The van der Waals surface area contributed by atoms with Crippen LogP contribution in [0.2, 0.25) is 0 Å². The van der Waals surface area contributed by atoms with Crippen molar-refractivity contribution in [1.29, 1.82) is 0 Å². The van der Waals surface area contributed by atoms with E-state index in [0.29, 0.717) is 22.2 Å². The molecular weight excluding hydrogens is 298 g/mol. The van der Waals surface area contributed by atoms with Crippen LogP contribution >= 0.6 is 11.3 Å². The monoisotopic (exact) mass is 313 g/mol. The van der Waals surface area contributed by atoms with Crippen molar-refractivity contribution in [3.8, 4) is 0 Å². The maximum absolute atomic E-state index is 12.3. The largest absolute Gasteiger partial charge is 0.467 e. The zero-order valence-corrected chi connectivity index (χ0v) is 12.8. The Kier molecular flexibility index (Phi) is 4.20. The van der Waals surface area contributed by atoms with Gasteiger partial charge in [-0.05, 0) is 31.2 Å². The number of nitrogens with zero attached hydrogens (tertiary/aromatic N) is 1. The molecule has 0 unspecified atom stereocenters. The van der Waals surface area contributed by atoms with E-state index < -0.39 is 0 Å². The number of carbonyl (C=O) groups excluding carboxylic acids is 1. The molecule has 3 aromatic rings. The first-order chi connectivity index (χ1) is 10.7. The number of hydrogen-bond donors (Lipinski definition) is 2. The van der Waals surface area contributed by atoms with Gasteiger partial charge in [-0.1, -0.05) is 29.5 Å². The summed E-state index contributed by atoms with van der Waals surface area (Å²) < 4.78 is 5.25. The molecular formula is C16H15N3O2S. The van der Waals surface area contributed by atoms with Crippen LogP contribution in [0.3, 0.4) is 0 Å². The highest BCUT2D eigenvalue weighted by molar-refractivity contribution is 7.17. The minimum absolute atomic E-state index is 0.146. The summed E-state index contributed by atoms with van der Waals surface area (Å²) in [5.41, 5.74) is 1.48. The number of nitrogens with one attached hydrogen (secondary N) is 2. The van der Waals surface area contributed by atoms with E-state index >= 15 is 0 Å².